The van der Waals surface area contributed by atoms with Crippen LogP contribution in [0, 0.1) is 0 Å². The van der Waals surface area contributed by atoms with Crippen LogP contribution in [0.2, 0.25) is 5.02 Å². The van der Waals surface area contributed by atoms with Gasteiger partial charge in [0.1, 0.15) is 0 Å². The van der Waals surface area contributed by atoms with E-state index in [1.807, 2.05) is 23.1 Å². The van der Waals surface area contributed by atoms with E-state index in [4.69, 9.17) is 11.6 Å². The Bertz CT molecular complexity index is 817. The molecule has 0 radical (unpaired) electrons. The maximum absolute atomic E-state index is 13.3. The summed E-state index contributed by atoms with van der Waals surface area (Å²) in [4.78, 5) is 20.0. The lowest BCUT2D eigenvalue weighted by atomic mass is 10.1. The SMILES string of the molecule is CC(C(=O)N1CCN(Cc2ccc(Cl)cc2)c2ccccc21)N1CCCCC1. The van der Waals surface area contributed by atoms with Crippen LogP contribution < -0.4 is 9.80 Å². The number of likely N-dealkylation sites (tertiary alicyclic amines) is 1. The molecule has 2 aromatic rings. The molecule has 0 aliphatic carbocycles. The van der Waals surface area contributed by atoms with Gasteiger partial charge in [-0.15, -0.1) is 0 Å². The highest BCUT2D eigenvalue weighted by molar-refractivity contribution is 6.30. The van der Waals surface area contributed by atoms with Gasteiger partial charge in [-0.2, -0.15) is 0 Å². The first kappa shape index (κ1) is 19.3. The van der Waals surface area contributed by atoms with E-state index < -0.39 is 0 Å². The third-order valence-electron chi connectivity index (χ3n) is 5.96. The lowest BCUT2D eigenvalue weighted by Gasteiger charge is -2.40. The van der Waals surface area contributed by atoms with Crippen molar-refractivity contribution in [2.45, 2.75) is 38.8 Å². The number of nitrogens with zero attached hydrogens (tertiary/aromatic N) is 3. The zero-order valence-electron chi connectivity index (χ0n) is 16.5. The van der Waals surface area contributed by atoms with Crippen LogP contribution in [0.4, 0.5) is 11.4 Å². The fourth-order valence-electron chi connectivity index (χ4n) is 4.31. The van der Waals surface area contributed by atoms with Crippen molar-refractivity contribution in [1.29, 1.82) is 0 Å². The van der Waals surface area contributed by atoms with Crippen LogP contribution in [-0.2, 0) is 11.3 Å². The molecule has 1 fully saturated rings. The summed E-state index contributed by atoms with van der Waals surface area (Å²) in [5.74, 6) is 0.223. The number of carbonyl (C=O) groups excluding carboxylic acids is 1. The molecule has 2 aliphatic rings. The normalized spacial score (nSPS) is 18.6. The quantitative estimate of drug-likeness (QED) is 0.756. The second-order valence-electron chi connectivity index (χ2n) is 7.80. The van der Waals surface area contributed by atoms with Crippen molar-refractivity contribution in [3.05, 3.63) is 59.1 Å². The summed E-state index contributed by atoms with van der Waals surface area (Å²) in [6.07, 6.45) is 3.68. The van der Waals surface area contributed by atoms with Crippen molar-refractivity contribution in [2.24, 2.45) is 0 Å². The molecule has 1 amide bonds. The molecule has 0 spiro atoms. The summed E-state index contributed by atoms with van der Waals surface area (Å²) in [5.41, 5.74) is 3.38. The van der Waals surface area contributed by atoms with Gasteiger partial charge in [0.25, 0.3) is 0 Å². The van der Waals surface area contributed by atoms with Crippen LogP contribution in [0.1, 0.15) is 31.7 Å². The summed E-state index contributed by atoms with van der Waals surface area (Å²) >= 11 is 6.02. The summed E-state index contributed by atoms with van der Waals surface area (Å²) in [7, 11) is 0. The lowest BCUT2D eigenvalue weighted by molar-refractivity contribution is -0.123. The molecule has 0 N–H and O–H groups in total. The number of carbonyl (C=O) groups is 1. The number of halogens is 1. The van der Waals surface area contributed by atoms with Crippen molar-refractivity contribution in [3.63, 3.8) is 0 Å². The van der Waals surface area contributed by atoms with Crippen LogP contribution in [0.15, 0.2) is 48.5 Å². The Morgan fingerprint density at radius 3 is 2.32 bits per heavy atom. The summed E-state index contributed by atoms with van der Waals surface area (Å²) < 4.78 is 0. The summed E-state index contributed by atoms with van der Waals surface area (Å²) in [5, 5.41) is 0.756. The fourth-order valence-corrected chi connectivity index (χ4v) is 4.44. The minimum Gasteiger partial charge on any atom is -0.364 e. The second-order valence-corrected chi connectivity index (χ2v) is 8.24. The average Bonchev–Trinajstić information content (AvgIpc) is 2.75. The number of hydrogen-bond donors (Lipinski definition) is 0. The number of benzene rings is 2. The zero-order chi connectivity index (χ0) is 19.5. The van der Waals surface area contributed by atoms with E-state index in [0.717, 1.165) is 49.1 Å². The minimum atomic E-state index is -0.0591. The molecule has 1 atom stereocenters. The van der Waals surface area contributed by atoms with Gasteiger partial charge in [0, 0.05) is 24.7 Å². The number of amides is 1. The first-order chi connectivity index (χ1) is 13.6. The molecule has 4 rings (SSSR count). The highest BCUT2D eigenvalue weighted by Crippen LogP contribution is 2.34. The van der Waals surface area contributed by atoms with Crippen molar-refractivity contribution >= 4 is 28.9 Å². The Kier molecular flexibility index (Phi) is 5.88. The van der Waals surface area contributed by atoms with Crippen molar-refractivity contribution in [3.8, 4) is 0 Å². The molecule has 2 aliphatic heterocycles. The Morgan fingerprint density at radius 1 is 0.929 bits per heavy atom. The fraction of sp³-hybridized carbons (Fsp3) is 0.435. The van der Waals surface area contributed by atoms with E-state index in [0.29, 0.717) is 0 Å². The zero-order valence-corrected chi connectivity index (χ0v) is 17.2. The van der Waals surface area contributed by atoms with Crippen molar-refractivity contribution in [2.75, 3.05) is 36.0 Å². The molecule has 1 unspecified atom stereocenters. The van der Waals surface area contributed by atoms with Gasteiger partial charge in [0.05, 0.1) is 17.4 Å². The smallest absolute Gasteiger partial charge is 0.244 e. The van der Waals surface area contributed by atoms with Gasteiger partial charge in [-0.3, -0.25) is 9.69 Å². The number of para-hydroxylation sites is 2. The first-order valence-electron chi connectivity index (χ1n) is 10.3. The lowest BCUT2D eigenvalue weighted by Crippen LogP contribution is -2.52. The van der Waals surface area contributed by atoms with Crippen LogP contribution in [0.3, 0.4) is 0 Å². The Morgan fingerprint density at radius 2 is 1.61 bits per heavy atom. The number of fused-ring (bicyclic) bond motifs is 1. The topological polar surface area (TPSA) is 26.8 Å². The van der Waals surface area contributed by atoms with Gasteiger partial charge in [0.2, 0.25) is 5.91 Å². The van der Waals surface area contributed by atoms with Crippen molar-refractivity contribution in [1.82, 2.24) is 4.90 Å². The molecule has 5 heteroatoms. The highest BCUT2D eigenvalue weighted by atomic mass is 35.5. The standard InChI is InChI=1S/C23H28ClN3O/c1-18(25-13-5-2-6-14-25)23(28)27-16-15-26(21-7-3-4-8-22(21)27)17-19-9-11-20(24)12-10-19/h3-4,7-12,18H,2,5-6,13-17H2,1H3. The van der Waals surface area contributed by atoms with Crippen LogP contribution in [0.25, 0.3) is 0 Å². The maximum Gasteiger partial charge on any atom is 0.244 e. The second kappa shape index (κ2) is 8.54. The van der Waals surface area contributed by atoms with Gasteiger partial charge in [-0.05, 0) is 62.7 Å². The summed E-state index contributed by atoms with van der Waals surface area (Å²) in [6.45, 7) is 6.50. The third-order valence-corrected chi connectivity index (χ3v) is 6.21. The largest absolute Gasteiger partial charge is 0.364 e. The van der Waals surface area contributed by atoms with Crippen LogP contribution >= 0.6 is 11.6 Å². The number of piperidine rings is 1. The van der Waals surface area contributed by atoms with Gasteiger partial charge in [0.15, 0.2) is 0 Å². The van der Waals surface area contributed by atoms with E-state index in [2.05, 4.69) is 47.1 Å². The third kappa shape index (κ3) is 4.03. The molecular formula is C23H28ClN3O. The van der Waals surface area contributed by atoms with Crippen molar-refractivity contribution < 1.29 is 4.79 Å². The molecule has 2 aromatic carbocycles. The molecule has 28 heavy (non-hydrogen) atoms. The Labute approximate surface area is 172 Å². The maximum atomic E-state index is 13.3. The Balaban J connectivity index is 1.53. The summed E-state index contributed by atoms with van der Waals surface area (Å²) in [6, 6.07) is 16.2. The predicted molar refractivity (Wildman–Crippen MR) is 116 cm³/mol. The van der Waals surface area contributed by atoms with E-state index in [9.17, 15) is 4.79 Å². The van der Waals surface area contributed by atoms with E-state index in [1.165, 1.54) is 24.8 Å². The number of rotatable bonds is 4. The monoisotopic (exact) mass is 397 g/mol. The molecule has 1 saturated heterocycles. The van der Waals surface area contributed by atoms with E-state index in [-0.39, 0.29) is 11.9 Å². The number of hydrogen-bond acceptors (Lipinski definition) is 3. The minimum absolute atomic E-state index is 0.0591. The van der Waals surface area contributed by atoms with Crippen LogP contribution in [-0.4, -0.2) is 43.0 Å². The molecule has 0 saturated carbocycles. The molecule has 0 bridgehead atoms. The van der Waals surface area contributed by atoms with Gasteiger partial charge in [-0.1, -0.05) is 42.3 Å². The number of anilines is 2. The van der Waals surface area contributed by atoms with Gasteiger partial charge < -0.3 is 9.80 Å². The first-order valence-corrected chi connectivity index (χ1v) is 10.6. The Hall–Kier alpha value is -2.04. The average molecular weight is 398 g/mol. The molecular weight excluding hydrogens is 370 g/mol. The molecule has 4 nitrogen and oxygen atoms in total. The van der Waals surface area contributed by atoms with E-state index >= 15 is 0 Å². The predicted octanol–water partition coefficient (Wildman–Crippen LogP) is 4.57. The molecule has 148 valence electrons. The van der Waals surface area contributed by atoms with Crippen LogP contribution in [0.5, 0.6) is 0 Å². The molecule has 0 aromatic heterocycles. The van der Waals surface area contributed by atoms with Gasteiger partial charge in [-0.25, -0.2) is 0 Å². The van der Waals surface area contributed by atoms with E-state index in [1.54, 1.807) is 0 Å². The molecule has 2 heterocycles. The van der Waals surface area contributed by atoms with Gasteiger partial charge >= 0.3 is 0 Å². The highest BCUT2D eigenvalue weighted by Gasteiger charge is 2.32.